The highest BCUT2D eigenvalue weighted by Crippen LogP contribution is 2.12. The summed E-state index contributed by atoms with van der Waals surface area (Å²) in [6, 6.07) is 0. The van der Waals surface area contributed by atoms with E-state index in [4.69, 9.17) is 14.9 Å². The van der Waals surface area contributed by atoms with Crippen molar-refractivity contribution in [3.05, 3.63) is 0 Å². The summed E-state index contributed by atoms with van der Waals surface area (Å²) in [5.74, 6) is -1.04. The Hall–Kier alpha value is -1.14. The normalized spacial score (nSPS) is 12.1. The van der Waals surface area contributed by atoms with E-state index in [0.29, 0.717) is 32.3 Å². The molecule has 0 fully saturated rings. The second-order valence-electron chi connectivity index (χ2n) is 6.98. The molecule has 3 N–H and O–H groups in total. The fourth-order valence-corrected chi connectivity index (χ4v) is 2.79. The maximum Gasteiger partial charge on any atom is 0.305 e. The van der Waals surface area contributed by atoms with Crippen LogP contribution in [0.1, 0.15) is 96.3 Å². The summed E-state index contributed by atoms with van der Waals surface area (Å²) < 4.78 is 5.14. The molecule has 0 spiro atoms. The van der Waals surface area contributed by atoms with Gasteiger partial charge in [0.25, 0.3) is 0 Å². The summed E-state index contributed by atoms with van der Waals surface area (Å²) in [5.41, 5.74) is 0. The van der Waals surface area contributed by atoms with Crippen LogP contribution < -0.4 is 0 Å². The number of unbranched alkanes of at least 4 members (excludes halogenated alkanes) is 10. The second-order valence-corrected chi connectivity index (χ2v) is 6.98. The minimum Gasteiger partial charge on any atom is -0.481 e. The number of esters is 1. The molecule has 0 bridgehead atoms. The molecule has 0 aliphatic carbocycles. The van der Waals surface area contributed by atoms with E-state index in [1.54, 1.807) is 0 Å². The highest BCUT2D eigenvalue weighted by Gasteiger charge is 2.04. The number of hydrogen-bond donors (Lipinski definition) is 3. The smallest absolute Gasteiger partial charge is 0.305 e. The van der Waals surface area contributed by atoms with Crippen molar-refractivity contribution in [1.29, 1.82) is 0 Å². The lowest BCUT2D eigenvalue weighted by Crippen LogP contribution is -2.10. The van der Waals surface area contributed by atoms with E-state index in [9.17, 15) is 14.7 Å². The summed E-state index contributed by atoms with van der Waals surface area (Å²) in [7, 11) is 0. The molecule has 0 aromatic carbocycles. The zero-order chi connectivity index (χ0) is 19.5. The molecule has 0 aliphatic rings. The lowest BCUT2D eigenvalue weighted by Gasteiger charge is -2.06. The second kappa shape index (κ2) is 18.6. The molecule has 0 radical (unpaired) electrons. The lowest BCUT2D eigenvalue weighted by atomic mass is 10.0. The molecule has 0 rings (SSSR count). The molecule has 0 saturated carbocycles. The summed E-state index contributed by atoms with van der Waals surface area (Å²) in [6.07, 6.45) is 13.0. The molecule has 0 heterocycles. The number of carbonyl (C=O) groups is 2. The Kier molecular flexibility index (Phi) is 17.8. The number of carbonyl (C=O) groups excluding carboxylic acids is 1. The predicted octanol–water partition coefficient (Wildman–Crippen LogP) is 3.82. The van der Waals surface area contributed by atoms with Crippen LogP contribution in [0.3, 0.4) is 0 Å². The molecule has 0 saturated heterocycles. The number of hydrogen-bond acceptors (Lipinski definition) is 5. The third kappa shape index (κ3) is 19.2. The van der Waals surface area contributed by atoms with Crippen LogP contribution in [-0.4, -0.2) is 46.6 Å². The van der Waals surface area contributed by atoms with Gasteiger partial charge in [-0.15, -0.1) is 0 Å². The van der Waals surface area contributed by atoms with E-state index in [1.165, 1.54) is 38.5 Å². The molecule has 1 unspecified atom stereocenters. The molecular weight excluding hydrogens is 336 g/mol. The van der Waals surface area contributed by atoms with Crippen LogP contribution >= 0.6 is 0 Å². The molecule has 6 nitrogen and oxygen atoms in total. The van der Waals surface area contributed by atoms with Gasteiger partial charge in [-0.2, -0.15) is 0 Å². The topological polar surface area (TPSA) is 104 Å². The fourth-order valence-electron chi connectivity index (χ4n) is 2.79. The molecule has 6 heteroatoms. The molecule has 26 heavy (non-hydrogen) atoms. The van der Waals surface area contributed by atoms with Gasteiger partial charge in [-0.3, -0.25) is 9.59 Å². The minimum absolute atomic E-state index is 0.111. The Morgan fingerprint density at radius 1 is 0.731 bits per heavy atom. The van der Waals surface area contributed by atoms with E-state index in [0.717, 1.165) is 25.7 Å². The van der Waals surface area contributed by atoms with Crippen LogP contribution in [0.15, 0.2) is 0 Å². The molecular formula is C20H38O6. The van der Waals surface area contributed by atoms with Crippen LogP contribution in [-0.2, 0) is 14.3 Å². The third-order valence-electron chi connectivity index (χ3n) is 4.43. The molecule has 1 atom stereocenters. The van der Waals surface area contributed by atoms with Crippen LogP contribution in [0.5, 0.6) is 0 Å². The first-order chi connectivity index (χ1) is 12.6. The van der Waals surface area contributed by atoms with Gasteiger partial charge >= 0.3 is 11.9 Å². The minimum atomic E-state index is -0.823. The van der Waals surface area contributed by atoms with Crippen molar-refractivity contribution in [1.82, 2.24) is 0 Å². The average Bonchev–Trinajstić information content (AvgIpc) is 2.62. The van der Waals surface area contributed by atoms with Gasteiger partial charge in [0.1, 0.15) is 0 Å². The van der Waals surface area contributed by atoms with Crippen LogP contribution in [0.25, 0.3) is 0 Å². The van der Waals surface area contributed by atoms with E-state index >= 15 is 0 Å². The largest absolute Gasteiger partial charge is 0.481 e. The zero-order valence-corrected chi connectivity index (χ0v) is 16.2. The number of carboxylic acid groups (broad SMARTS) is 1. The van der Waals surface area contributed by atoms with Crippen LogP contribution in [0.2, 0.25) is 0 Å². The van der Waals surface area contributed by atoms with Gasteiger partial charge in [-0.05, 0) is 25.7 Å². The predicted molar refractivity (Wildman–Crippen MR) is 101 cm³/mol. The monoisotopic (exact) mass is 374 g/mol. The van der Waals surface area contributed by atoms with Gasteiger partial charge in [-0.25, -0.2) is 0 Å². The first kappa shape index (κ1) is 24.9. The Morgan fingerprint density at radius 3 is 1.77 bits per heavy atom. The molecule has 0 aromatic rings. The van der Waals surface area contributed by atoms with Gasteiger partial charge in [-0.1, -0.05) is 57.8 Å². The van der Waals surface area contributed by atoms with Crippen molar-refractivity contribution in [2.75, 3.05) is 13.2 Å². The Balaban J connectivity index is 3.17. The molecule has 0 aromatic heterocycles. The van der Waals surface area contributed by atoms with Gasteiger partial charge in [0.2, 0.25) is 0 Å². The summed E-state index contributed by atoms with van der Waals surface area (Å²) in [5, 5.41) is 26.4. The highest BCUT2D eigenvalue weighted by molar-refractivity contribution is 5.69. The zero-order valence-electron chi connectivity index (χ0n) is 16.2. The number of rotatable bonds is 19. The van der Waals surface area contributed by atoms with Crippen molar-refractivity contribution < 1.29 is 29.6 Å². The number of ether oxygens (including phenoxy) is 1. The van der Waals surface area contributed by atoms with Gasteiger partial charge in [0.15, 0.2) is 0 Å². The first-order valence-electron chi connectivity index (χ1n) is 10.2. The average molecular weight is 375 g/mol. The third-order valence-corrected chi connectivity index (χ3v) is 4.43. The van der Waals surface area contributed by atoms with Gasteiger partial charge in [0, 0.05) is 12.8 Å². The molecule has 0 aliphatic heterocycles. The first-order valence-corrected chi connectivity index (χ1v) is 10.2. The number of aliphatic hydroxyl groups excluding tert-OH is 2. The van der Waals surface area contributed by atoms with E-state index in [2.05, 4.69) is 0 Å². The quantitative estimate of drug-likeness (QED) is 0.234. The maximum absolute atomic E-state index is 11.4. The molecule has 0 amide bonds. The van der Waals surface area contributed by atoms with Crippen molar-refractivity contribution >= 4 is 11.9 Å². The lowest BCUT2D eigenvalue weighted by molar-refractivity contribution is -0.144. The Bertz CT molecular complexity index is 345. The standard InChI is InChI=1S/C20H38O6/c21-17-18(22)13-9-7-5-3-1-2-4-6-8-12-16-26-20(25)15-11-10-14-19(23)24/h18,21-22H,1-17H2,(H,23,24). The van der Waals surface area contributed by atoms with Crippen molar-refractivity contribution in [3.63, 3.8) is 0 Å². The summed E-state index contributed by atoms with van der Waals surface area (Å²) in [4.78, 5) is 21.8. The van der Waals surface area contributed by atoms with Crippen LogP contribution in [0, 0.1) is 0 Å². The van der Waals surface area contributed by atoms with Gasteiger partial charge in [0.05, 0.1) is 19.3 Å². The van der Waals surface area contributed by atoms with Crippen molar-refractivity contribution in [2.24, 2.45) is 0 Å². The molecule has 154 valence electrons. The van der Waals surface area contributed by atoms with Crippen molar-refractivity contribution in [2.45, 2.75) is 102 Å². The highest BCUT2D eigenvalue weighted by atomic mass is 16.5. The van der Waals surface area contributed by atoms with Crippen molar-refractivity contribution in [3.8, 4) is 0 Å². The van der Waals surface area contributed by atoms with E-state index in [1.807, 2.05) is 0 Å². The SMILES string of the molecule is O=C(O)CCCCC(=O)OCCCCCCCCCCCCC(O)CO. The van der Waals surface area contributed by atoms with E-state index in [-0.39, 0.29) is 19.0 Å². The fraction of sp³-hybridized carbons (Fsp3) is 0.900. The Morgan fingerprint density at radius 2 is 1.23 bits per heavy atom. The summed E-state index contributed by atoms with van der Waals surface area (Å²) in [6.45, 7) is 0.337. The number of aliphatic hydroxyl groups is 2. The number of aliphatic carboxylic acids is 1. The maximum atomic E-state index is 11.4. The summed E-state index contributed by atoms with van der Waals surface area (Å²) >= 11 is 0. The Labute approximate surface area is 157 Å². The van der Waals surface area contributed by atoms with Crippen LogP contribution in [0.4, 0.5) is 0 Å². The van der Waals surface area contributed by atoms with Gasteiger partial charge < -0.3 is 20.1 Å². The number of carboxylic acids is 1. The van der Waals surface area contributed by atoms with E-state index < -0.39 is 12.1 Å².